The van der Waals surface area contributed by atoms with Crippen molar-refractivity contribution in [2.45, 2.75) is 26.8 Å². The molecule has 0 aliphatic carbocycles. The topological polar surface area (TPSA) is 19.4 Å². The van der Waals surface area contributed by atoms with Crippen molar-refractivity contribution in [1.82, 2.24) is 9.88 Å². The minimum absolute atomic E-state index is 0.598. The van der Waals surface area contributed by atoms with Gasteiger partial charge >= 0.3 is 0 Å². The molecule has 1 unspecified atom stereocenters. The second kappa shape index (κ2) is 4.39. The summed E-state index contributed by atoms with van der Waals surface area (Å²) in [6.07, 6.45) is 0. The zero-order valence-electron chi connectivity index (χ0n) is 11.5. The standard InChI is InChI=1S/C15H21N3/c1-11-9-17-7-8-18(10-14(17)13(11)3)15-6-4-5-12(2)16-15/h4-6,14H,7-10H2,1-3H3. The Bertz CT molecular complexity index is 492. The molecule has 0 aromatic carbocycles. The Kier molecular flexibility index (Phi) is 2.86. The monoisotopic (exact) mass is 243 g/mol. The molecule has 18 heavy (non-hydrogen) atoms. The zero-order valence-corrected chi connectivity index (χ0v) is 11.5. The quantitative estimate of drug-likeness (QED) is 0.705. The van der Waals surface area contributed by atoms with Crippen LogP contribution >= 0.6 is 0 Å². The third kappa shape index (κ3) is 1.93. The van der Waals surface area contributed by atoms with Crippen LogP contribution in [0, 0.1) is 6.92 Å². The summed E-state index contributed by atoms with van der Waals surface area (Å²) in [5, 5.41) is 0. The van der Waals surface area contributed by atoms with Crippen LogP contribution in [0.2, 0.25) is 0 Å². The summed E-state index contributed by atoms with van der Waals surface area (Å²) in [5.41, 5.74) is 4.22. The van der Waals surface area contributed by atoms with Crippen molar-refractivity contribution in [3.8, 4) is 0 Å². The SMILES string of the molecule is CC1=C(C)C2CN(c3cccc(C)n3)CCN2C1. The average molecular weight is 243 g/mol. The number of nitrogens with zero attached hydrogens (tertiary/aromatic N) is 3. The largest absolute Gasteiger partial charge is 0.353 e. The molecule has 3 rings (SSSR count). The Morgan fingerprint density at radius 2 is 2.00 bits per heavy atom. The van der Waals surface area contributed by atoms with Crippen molar-refractivity contribution in [1.29, 1.82) is 0 Å². The van der Waals surface area contributed by atoms with E-state index < -0.39 is 0 Å². The number of piperazine rings is 1. The fourth-order valence-corrected chi connectivity index (χ4v) is 3.05. The fraction of sp³-hybridized carbons (Fsp3) is 0.533. The van der Waals surface area contributed by atoms with Crippen molar-refractivity contribution >= 4 is 5.82 Å². The third-order valence-corrected chi connectivity index (χ3v) is 4.30. The lowest BCUT2D eigenvalue weighted by atomic mass is 10.1. The molecule has 2 aliphatic rings. The molecule has 1 aromatic rings. The first kappa shape index (κ1) is 11.7. The maximum absolute atomic E-state index is 4.65. The van der Waals surface area contributed by atoms with Gasteiger partial charge in [0.15, 0.2) is 0 Å². The molecule has 96 valence electrons. The molecule has 1 saturated heterocycles. The Balaban J connectivity index is 1.81. The van der Waals surface area contributed by atoms with E-state index in [-0.39, 0.29) is 0 Å². The molecule has 0 N–H and O–H groups in total. The lowest BCUT2D eigenvalue weighted by Gasteiger charge is -2.39. The summed E-state index contributed by atoms with van der Waals surface area (Å²) in [4.78, 5) is 9.67. The fourth-order valence-electron chi connectivity index (χ4n) is 3.05. The third-order valence-electron chi connectivity index (χ3n) is 4.30. The van der Waals surface area contributed by atoms with E-state index in [9.17, 15) is 0 Å². The maximum atomic E-state index is 4.65. The lowest BCUT2D eigenvalue weighted by Crippen LogP contribution is -2.51. The van der Waals surface area contributed by atoms with Gasteiger partial charge in [0, 0.05) is 37.9 Å². The number of hydrogen-bond acceptors (Lipinski definition) is 3. The first-order valence-corrected chi connectivity index (χ1v) is 6.74. The molecular weight excluding hydrogens is 222 g/mol. The van der Waals surface area contributed by atoms with E-state index in [1.54, 1.807) is 11.1 Å². The highest BCUT2D eigenvalue weighted by Gasteiger charge is 2.33. The Morgan fingerprint density at radius 3 is 2.78 bits per heavy atom. The Labute approximate surface area is 109 Å². The first-order valence-electron chi connectivity index (χ1n) is 6.74. The molecule has 1 fully saturated rings. The summed E-state index contributed by atoms with van der Waals surface area (Å²) in [6.45, 7) is 11.1. The molecule has 0 amide bonds. The van der Waals surface area contributed by atoms with Gasteiger partial charge in [-0.25, -0.2) is 4.98 Å². The van der Waals surface area contributed by atoms with Crippen molar-refractivity contribution in [3.05, 3.63) is 35.0 Å². The molecule has 2 aliphatic heterocycles. The Morgan fingerprint density at radius 1 is 1.17 bits per heavy atom. The molecule has 1 aromatic heterocycles. The van der Waals surface area contributed by atoms with Crippen LogP contribution in [0.15, 0.2) is 29.3 Å². The van der Waals surface area contributed by atoms with Gasteiger partial charge in [-0.15, -0.1) is 0 Å². The molecule has 1 atom stereocenters. The van der Waals surface area contributed by atoms with Crippen LogP contribution in [0.25, 0.3) is 0 Å². The number of pyridine rings is 1. The summed E-state index contributed by atoms with van der Waals surface area (Å²) in [6, 6.07) is 6.89. The van der Waals surface area contributed by atoms with Crippen LogP contribution in [-0.4, -0.2) is 42.1 Å². The molecule has 0 saturated carbocycles. The lowest BCUT2D eigenvalue weighted by molar-refractivity contribution is 0.239. The van der Waals surface area contributed by atoms with E-state index in [1.165, 1.54) is 0 Å². The number of hydrogen-bond donors (Lipinski definition) is 0. The summed E-state index contributed by atoms with van der Waals surface area (Å²) in [5.74, 6) is 1.13. The van der Waals surface area contributed by atoms with Gasteiger partial charge in [0.05, 0.1) is 0 Å². The second-order valence-corrected chi connectivity index (χ2v) is 5.53. The molecule has 3 heterocycles. The van der Waals surface area contributed by atoms with Crippen LogP contribution in [0.4, 0.5) is 5.82 Å². The summed E-state index contributed by atoms with van der Waals surface area (Å²) in [7, 11) is 0. The first-order chi connectivity index (χ1) is 8.65. The van der Waals surface area contributed by atoms with Crippen molar-refractivity contribution < 1.29 is 0 Å². The molecular formula is C15H21N3. The predicted molar refractivity (Wildman–Crippen MR) is 74.9 cm³/mol. The van der Waals surface area contributed by atoms with Crippen molar-refractivity contribution in [3.63, 3.8) is 0 Å². The van der Waals surface area contributed by atoms with Crippen LogP contribution < -0.4 is 4.90 Å². The molecule has 3 heteroatoms. The molecule has 0 bridgehead atoms. The average Bonchev–Trinajstić information content (AvgIpc) is 2.65. The second-order valence-electron chi connectivity index (χ2n) is 5.53. The van der Waals surface area contributed by atoms with E-state index in [4.69, 9.17) is 0 Å². The predicted octanol–water partition coefficient (Wildman–Crippen LogP) is 2.23. The zero-order chi connectivity index (χ0) is 12.7. The number of aromatic nitrogens is 1. The van der Waals surface area contributed by atoms with Crippen LogP contribution in [0.3, 0.4) is 0 Å². The highest BCUT2D eigenvalue weighted by atomic mass is 15.3. The summed E-state index contributed by atoms with van der Waals surface area (Å²) >= 11 is 0. The highest BCUT2D eigenvalue weighted by molar-refractivity contribution is 5.42. The Hall–Kier alpha value is -1.35. The van der Waals surface area contributed by atoms with Crippen LogP contribution in [0.1, 0.15) is 19.5 Å². The molecule has 3 nitrogen and oxygen atoms in total. The summed E-state index contributed by atoms with van der Waals surface area (Å²) < 4.78 is 0. The van der Waals surface area contributed by atoms with Crippen molar-refractivity contribution in [2.75, 3.05) is 31.1 Å². The smallest absolute Gasteiger partial charge is 0.128 e. The number of aryl methyl sites for hydroxylation is 1. The van der Waals surface area contributed by atoms with Crippen molar-refractivity contribution in [2.24, 2.45) is 0 Å². The number of anilines is 1. The van der Waals surface area contributed by atoms with E-state index in [0.29, 0.717) is 6.04 Å². The van der Waals surface area contributed by atoms with Gasteiger partial charge in [-0.3, -0.25) is 4.90 Å². The van der Waals surface area contributed by atoms with E-state index in [2.05, 4.69) is 53.8 Å². The van der Waals surface area contributed by atoms with E-state index in [0.717, 1.165) is 37.7 Å². The van der Waals surface area contributed by atoms with Gasteiger partial charge in [0.1, 0.15) is 5.82 Å². The number of fused-ring (bicyclic) bond motifs is 1. The minimum atomic E-state index is 0.598. The van der Waals surface area contributed by atoms with Gasteiger partial charge in [0.2, 0.25) is 0 Å². The number of rotatable bonds is 1. The van der Waals surface area contributed by atoms with Gasteiger partial charge in [-0.2, -0.15) is 0 Å². The highest BCUT2D eigenvalue weighted by Crippen LogP contribution is 2.28. The normalized spacial score (nSPS) is 24.6. The molecule has 0 radical (unpaired) electrons. The van der Waals surface area contributed by atoms with Gasteiger partial charge in [0.25, 0.3) is 0 Å². The van der Waals surface area contributed by atoms with Gasteiger partial charge < -0.3 is 4.90 Å². The van der Waals surface area contributed by atoms with Gasteiger partial charge in [-0.05, 0) is 32.9 Å². The maximum Gasteiger partial charge on any atom is 0.128 e. The minimum Gasteiger partial charge on any atom is -0.353 e. The van der Waals surface area contributed by atoms with Crippen LogP contribution in [-0.2, 0) is 0 Å². The van der Waals surface area contributed by atoms with E-state index >= 15 is 0 Å². The van der Waals surface area contributed by atoms with Crippen LogP contribution in [0.5, 0.6) is 0 Å². The molecule has 0 spiro atoms. The van der Waals surface area contributed by atoms with Gasteiger partial charge in [-0.1, -0.05) is 17.2 Å². The van der Waals surface area contributed by atoms with E-state index in [1.807, 2.05) is 0 Å².